The molecule has 2 nitrogen and oxygen atoms in total. The number of hydrogen-bond acceptors (Lipinski definition) is 1. The maximum atomic E-state index is 12.6. The first-order valence-corrected chi connectivity index (χ1v) is 6.81. The quantitative estimate of drug-likeness (QED) is 0.802. The fourth-order valence-corrected chi connectivity index (χ4v) is 2.35. The van der Waals surface area contributed by atoms with Crippen molar-refractivity contribution in [3.8, 4) is 0 Å². The van der Waals surface area contributed by atoms with Gasteiger partial charge in [0.2, 0.25) is 0 Å². The van der Waals surface area contributed by atoms with E-state index in [0.717, 1.165) is 17.7 Å². The second-order valence-corrected chi connectivity index (χ2v) is 5.37. The Balaban J connectivity index is 2.25. The molecule has 110 valence electrons. The Morgan fingerprint density at radius 1 is 1.14 bits per heavy atom. The van der Waals surface area contributed by atoms with Gasteiger partial charge in [-0.25, -0.2) is 0 Å². The molecule has 0 heterocycles. The molecule has 6 heteroatoms. The molecule has 0 unspecified atom stereocenters. The number of carbonyl (C=O) groups excluding carboxylic acids is 1. The molecule has 0 spiro atoms. The molecule has 0 aliphatic heterocycles. The van der Waals surface area contributed by atoms with Crippen LogP contribution in [0.25, 0.3) is 0 Å². The molecule has 2 rings (SSSR count). The Morgan fingerprint density at radius 3 is 2.48 bits per heavy atom. The molecule has 21 heavy (non-hydrogen) atoms. The molecule has 0 fully saturated rings. The summed E-state index contributed by atoms with van der Waals surface area (Å²) < 4.78 is 38.6. The Labute approximate surface area is 128 Å². The Bertz CT molecular complexity index is 683. The lowest BCUT2D eigenvalue weighted by Gasteiger charge is -2.10. The van der Waals surface area contributed by atoms with Crippen LogP contribution < -0.4 is 5.32 Å². The number of benzene rings is 2. The van der Waals surface area contributed by atoms with Crippen LogP contribution in [0.4, 0.5) is 18.9 Å². The summed E-state index contributed by atoms with van der Waals surface area (Å²) >= 11 is 3.30. The summed E-state index contributed by atoms with van der Waals surface area (Å²) in [4.78, 5) is 12.0. The first-order chi connectivity index (χ1) is 9.77. The molecule has 0 aliphatic carbocycles. The van der Waals surface area contributed by atoms with Gasteiger partial charge in [0.05, 0.1) is 11.3 Å². The van der Waals surface area contributed by atoms with Crippen LogP contribution in [0, 0.1) is 6.92 Å². The first-order valence-electron chi connectivity index (χ1n) is 6.02. The molecule has 2 aromatic carbocycles. The largest absolute Gasteiger partial charge is 0.416 e. The zero-order valence-corrected chi connectivity index (χ0v) is 12.5. The van der Waals surface area contributed by atoms with E-state index in [-0.39, 0.29) is 5.56 Å². The van der Waals surface area contributed by atoms with Crippen molar-refractivity contribution in [3.63, 3.8) is 0 Å². The predicted molar refractivity (Wildman–Crippen MR) is 78.3 cm³/mol. The van der Waals surface area contributed by atoms with Crippen LogP contribution in [0.2, 0.25) is 0 Å². The van der Waals surface area contributed by atoms with E-state index in [1.807, 2.05) is 13.0 Å². The van der Waals surface area contributed by atoms with Crippen molar-refractivity contribution in [1.29, 1.82) is 0 Å². The molecule has 1 N–H and O–H groups in total. The van der Waals surface area contributed by atoms with Crippen LogP contribution in [-0.2, 0) is 6.18 Å². The third-order valence-electron chi connectivity index (χ3n) is 2.82. The average Bonchev–Trinajstić information content (AvgIpc) is 2.41. The van der Waals surface area contributed by atoms with E-state index in [2.05, 4.69) is 21.2 Å². The highest BCUT2D eigenvalue weighted by Gasteiger charge is 2.30. The first kappa shape index (κ1) is 15.6. The molecular weight excluding hydrogens is 347 g/mol. The van der Waals surface area contributed by atoms with Crippen molar-refractivity contribution in [1.82, 2.24) is 0 Å². The van der Waals surface area contributed by atoms with Gasteiger partial charge in [-0.1, -0.05) is 12.1 Å². The predicted octanol–water partition coefficient (Wildman–Crippen LogP) is 5.03. The topological polar surface area (TPSA) is 29.1 Å². The number of carbonyl (C=O) groups is 1. The number of halogens is 4. The van der Waals surface area contributed by atoms with Crippen LogP contribution in [0.1, 0.15) is 21.5 Å². The van der Waals surface area contributed by atoms with Gasteiger partial charge < -0.3 is 5.32 Å². The minimum atomic E-state index is -4.47. The van der Waals surface area contributed by atoms with Crippen molar-refractivity contribution in [2.75, 3.05) is 5.32 Å². The standard InChI is InChI=1S/C15H11BrF3NO/c1-9-5-6-13(12(16)7-9)20-14(21)10-3-2-4-11(8-10)15(17,18)19/h2-8H,1H3,(H,20,21). The van der Waals surface area contributed by atoms with E-state index in [1.54, 1.807) is 12.1 Å². The van der Waals surface area contributed by atoms with Gasteiger partial charge in [0.25, 0.3) is 5.91 Å². The molecular formula is C15H11BrF3NO. The number of rotatable bonds is 2. The van der Waals surface area contributed by atoms with E-state index in [1.165, 1.54) is 12.1 Å². The Morgan fingerprint density at radius 2 is 1.86 bits per heavy atom. The highest BCUT2D eigenvalue weighted by atomic mass is 79.9. The molecule has 2 aromatic rings. The number of hydrogen-bond donors (Lipinski definition) is 1. The highest BCUT2D eigenvalue weighted by Crippen LogP contribution is 2.30. The van der Waals surface area contributed by atoms with Gasteiger partial charge in [-0.3, -0.25) is 4.79 Å². The molecule has 0 radical (unpaired) electrons. The van der Waals surface area contributed by atoms with E-state index in [4.69, 9.17) is 0 Å². The third-order valence-corrected chi connectivity index (χ3v) is 3.48. The highest BCUT2D eigenvalue weighted by molar-refractivity contribution is 9.10. The summed E-state index contributed by atoms with van der Waals surface area (Å²) in [7, 11) is 0. The SMILES string of the molecule is Cc1ccc(NC(=O)c2cccc(C(F)(F)F)c2)c(Br)c1. The fraction of sp³-hybridized carbons (Fsp3) is 0.133. The zero-order chi connectivity index (χ0) is 15.6. The summed E-state index contributed by atoms with van der Waals surface area (Å²) in [6.07, 6.45) is -4.47. The number of alkyl halides is 3. The third kappa shape index (κ3) is 3.85. The van der Waals surface area contributed by atoms with Gasteiger partial charge in [0.15, 0.2) is 0 Å². The molecule has 0 aliphatic rings. The Hall–Kier alpha value is -1.82. The van der Waals surface area contributed by atoms with Gasteiger partial charge in [-0.2, -0.15) is 13.2 Å². The molecule has 0 saturated heterocycles. The van der Waals surface area contributed by atoms with Gasteiger partial charge in [0, 0.05) is 10.0 Å². The van der Waals surface area contributed by atoms with Gasteiger partial charge in [0.1, 0.15) is 0 Å². The van der Waals surface area contributed by atoms with Crippen molar-refractivity contribution in [2.45, 2.75) is 13.1 Å². The minimum absolute atomic E-state index is 0.0442. The minimum Gasteiger partial charge on any atom is -0.321 e. The van der Waals surface area contributed by atoms with E-state index in [0.29, 0.717) is 10.2 Å². The number of anilines is 1. The van der Waals surface area contributed by atoms with E-state index in [9.17, 15) is 18.0 Å². The average molecular weight is 358 g/mol. The van der Waals surface area contributed by atoms with E-state index < -0.39 is 17.6 Å². The van der Waals surface area contributed by atoms with Crippen LogP contribution in [0.3, 0.4) is 0 Å². The Kier molecular flexibility index (Phi) is 4.37. The molecule has 0 saturated carbocycles. The second-order valence-electron chi connectivity index (χ2n) is 4.52. The summed E-state index contributed by atoms with van der Waals surface area (Å²) in [5.41, 5.74) is 0.609. The van der Waals surface area contributed by atoms with Gasteiger partial charge >= 0.3 is 6.18 Å². The lowest BCUT2D eigenvalue weighted by molar-refractivity contribution is -0.137. The van der Waals surface area contributed by atoms with Crippen molar-refractivity contribution >= 4 is 27.5 Å². The molecule has 0 atom stereocenters. The van der Waals surface area contributed by atoms with E-state index >= 15 is 0 Å². The summed E-state index contributed by atoms with van der Waals surface area (Å²) in [5, 5.41) is 2.58. The summed E-state index contributed by atoms with van der Waals surface area (Å²) in [5.74, 6) is -0.592. The maximum Gasteiger partial charge on any atom is 0.416 e. The summed E-state index contributed by atoms with van der Waals surface area (Å²) in [6.45, 7) is 1.89. The fourth-order valence-electron chi connectivity index (χ4n) is 1.75. The van der Waals surface area contributed by atoms with Crippen molar-refractivity contribution in [2.24, 2.45) is 0 Å². The van der Waals surface area contributed by atoms with Gasteiger partial charge in [-0.05, 0) is 58.7 Å². The van der Waals surface area contributed by atoms with Crippen LogP contribution in [-0.4, -0.2) is 5.91 Å². The van der Waals surface area contributed by atoms with Crippen molar-refractivity contribution < 1.29 is 18.0 Å². The number of amides is 1. The van der Waals surface area contributed by atoms with Crippen LogP contribution in [0.15, 0.2) is 46.9 Å². The monoisotopic (exact) mass is 357 g/mol. The normalized spacial score (nSPS) is 11.3. The number of aryl methyl sites for hydroxylation is 1. The maximum absolute atomic E-state index is 12.6. The molecule has 0 bridgehead atoms. The van der Waals surface area contributed by atoms with Crippen molar-refractivity contribution in [3.05, 3.63) is 63.6 Å². The van der Waals surface area contributed by atoms with Gasteiger partial charge in [-0.15, -0.1) is 0 Å². The summed E-state index contributed by atoms with van der Waals surface area (Å²) in [6, 6.07) is 9.60. The zero-order valence-electron chi connectivity index (χ0n) is 11.0. The second kappa shape index (κ2) is 5.89. The number of nitrogens with one attached hydrogen (secondary N) is 1. The molecule has 0 aromatic heterocycles. The van der Waals surface area contributed by atoms with Crippen LogP contribution in [0.5, 0.6) is 0 Å². The molecule has 1 amide bonds. The lowest BCUT2D eigenvalue weighted by Crippen LogP contribution is -2.14. The lowest BCUT2D eigenvalue weighted by atomic mass is 10.1. The smallest absolute Gasteiger partial charge is 0.321 e. The van der Waals surface area contributed by atoms with Crippen LogP contribution >= 0.6 is 15.9 Å².